The van der Waals surface area contributed by atoms with Gasteiger partial charge in [0.1, 0.15) is 17.4 Å². The highest BCUT2D eigenvalue weighted by molar-refractivity contribution is 6.30. The average molecular weight is 436 g/mol. The zero-order chi connectivity index (χ0) is 21.3. The van der Waals surface area contributed by atoms with Gasteiger partial charge >= 0.3 is 0 Å². The van der Waals surface area contributed by atoms with Crippen molar-refractivity contribution in [3.8, 4) is 5.75 Å². The normalized spacial score (nSPS) is 13.6. The van der Waals surface area contributed by atoms with Crippen LogP contribution in [0.4, 0.5) is 16.2 Å². The maximum absolute atomic E-state index is 13.4. The number of halogens is 2. The first-order valence-electron chi connectivity index (χ1n) is 9.46. The predicted molar refractivity (Wildman–Crippen MR) is 112 cm³/mol. The molecule has 30 heavy (non-hydrogen) atoms. The third kappa shape index (κ3) is 6.57. The van der Waals surface area contributed by atoms with Gasteiger partial charge in [0, 0.05) is 44.0 Å². The van der Waals surface area contributed by atoms with Crippen molar-refractivity contribution in [2.75, 3.05) is 49.7 Å². The molecule has 1 amide bonds. The highest BCUT2D eigenvalue weighted by Gasteiger charge is 2.14. The van der Waals surface area contributed by atoms with Crippen LogP contribution in [0, 0.1) is 5.82 Å². The lowest BCUT2D eigenvalue weighted by Gasteiger charge is -2.26. The van der Waals surface area contributed by atoms with E-state index in [4.69, 9.17) is 21.1 Å². The van der Waals surface area contributed by atoms with Gasteiger partial charge in [-0.05, 0) is 18.2 Å². The lowest BCUT2D eigenvalue weighted by atomic mass is 10.3. The van der Waals surface area contributed by atoms with Gasteiger partial charge in [0.15, 0.2) is 6.61 Å². The molecule has 3 rings (SSSR count). The number of aromatic nitrogens is 2. The third-order valence-electron chi connectivity index (χ3n) is 4.25. The van der Waals surface area contributed by atoms with Crippen LogP contribution >= 0.6 is 11.6 Å². The van der Waals surface area contributed by atoms with E-state index in [0.29, 0.717) is 43.6 Å². The Morgan fingerprint density at radius 2 is 2.13 bits per heavy atom. The number of anilines is 2. The first-order chi connectivity index (χ1) is 14.5. The lowest BCUT2D eigenvalue weighted by Crippen LogP contribution is -2.37. The highest BCUT2D eigenvalue weighted by Crippen LogP contribution is 2.20. The van der Waals surface area contributed by atoms with Crippen LogP contribution in [-0.2, 0) is 9.53 Å². The summed E-state index contributed by atoms with van der Waals surface area (Å²) < 4.78 is 24.0. The molecule has 0 radical (unpaired) electrons. The maximum Gasteiger partial charge on any atom is 0.262 e. The summed E-state index contributed by atoms with van der Waals surface area (Å²) in [7, 11) is 0. The van der Waals surface area contributed by atoms with Gasteiger partial charge in [-0.1, -0.05) is 18.2 Å². The van der Waals surface area contributed by atoms with E-state index in [9.17, 15) is 9.18 Å². The van der Waals surface area contributed by atoms with Crippen LogP contribution in [0.25, 0.3) is 0 Å². The fourth-order valence-electron chi connectivity index (χ4n) is 2.72. The monoisotopic (exact) mass is 435 g/mol. The van der Waals surface area contributed by atoms with E-state index >= 15 is 0 Å². The van der Waals surface area contributed by atoms with Crippen LogP contribution in [0.1, 0.15) is 6.42 Å². The molecular weight excluding hydrogens is 413 g/mol. The summed E-state index contributed by atoms with van der Waals surface area (Å²) in [6, 6.07) is 5.77. The van der Waals surface area contributed by atoms with Crippen LogP contribution < -0.4 is 20.3 Å². The van der Waals surface area contributed by atoms with E-state index in [1.54, 1.807) is 12.3 Å². The fourth-order valence-corrected chi connectivity index (χ4v) is 2.83. The van der Waals surface area contributed by atoms with Gasteiger partial charge in [-0.25, -0.2) is 9.37 Å². The minimum Gasteiger partial charge on any atom is -0.484 e. The Morgan fingerprint density at radius 1 is 1.33 bits per heavy atom. The van der Waals surface area contributed by atoms with E-state index in [-0.39, 0.29) is 23.3 Å². The van der Waals surface area contributed by atoms with Crippen molar-refractivity contribution >= 4 is 29.3 Å². The van der Waals surface area contributed by atoms with Crippen LogP contribution in [0.2, 0.25) is 5.02 Å². The van der Waals surface area contributed by atoms with Crippen molar-refractivity contribution in [1.82, 2.24) is 15.3 Å². The SMILES string of the molecule is C=C(CCNc1ccnc(N2CCOCC2)n1)NC(=O)COc1ccc(Cl)c(F)c1. The van der Waals surface area contributed by atoms with E-state index in [0.717, 1.165) is 19.2 Å². The zero-order valence-electron chi connectivity index (χ0n) is 16.4. The Labute approximate surface area is 179 Å². The molecule has 160 valence electrons. The molecule has 1 fully saturated rings. The van der Waals surface area contributed by atoms with Gasteiger partial charge in [-0.3, -0.25) is 4.79 Å². The number of ether oxygens (including phenoxy) is 2. The standard InChI is InChI=1S/C20H23ClFN5O3/c1-14(25-19(28)13-30-15-2-3-16(21)17(22)12-15)4-6-23-18-5-7-24-20(26-18)27-8-10-29-11-9-27/h2-3,5,7,12H,1,4,6,8-11,13H2,(H,25,28)(H,23,24,26). The van der Waals surface area contributed by atoms with Crippen molar-refractivity contribution < 1.29 is 18.7 Å². The topological polar surface area (TPSA) is 88.6 Å². The molecule has 0 bridgehead atoms. The number of hydrogen-bond donors (Lipinski definition) is 2. The molecule has 0 aliphatic carbocycles. The Kier molecular flexibility index (Phi) is 7.81. The van der Waals surface area contributed by atoms with Gasteiger partial charge in [0.2, 0.25) is 5.95 Å². The first-order valence-corrected chi connectivity index (χ1v) is 9.84. The summed E-state index contributed by atoms with van der Waals surface area (Å²) in [4.78, 5) is 22.8. The van der Waals surface area contributed by atoms with Gasteiger partial charge in [0.05, 0.1) is 18.2 Å². The molecule has 1 aromatic carbocycles. The van der Waals surface area contributed by atoms with Crippen molar-refractivity contribution in [2.24, 2.45) is 0 Å². The number of benzene rings is 1. The molecule has 10 heteroatoms. The lowest BCUT2D eigenvalue weighted by molar-refractivity contribution is -0.122. The number of carbonyl (C=O) groups excluding carboxylic acids is 1. The summed E-state index contributed by atoms with van der Waals surface area (Å²) in [6.45, 7) is 6.96. The molecule has 1 aliphatic rings. The molecule has 2 aromatic rings. The molecule has 0 atom stereocenters. The van der Waals surface area contributed by atoms with Crippen LogP contribution in [0.15, 0.2) is 42.7 Å². The highest BCUT2D eigenvalue weighted by atomic mass is 35.5. The third-order valence-corrected chi connectivity index (χ3v) is 4.55. The van der Waals surface area contributed by atoms with Crippen LogP contribution in [0.3, 0.4) is 0 Å². The largest absolute Gasteiger partial charge is 0.484 e. The van der Waals surface area contributed by atoms with Crippen LogP contribution in [0.5, 0.6) is 5.75 Å². The number of carbonyl (C=O) groups is 1. The first kappa shape index (κ1) is 21.8. The fraction of sp³-hybridized carbons (Fsp3) is 0.350. The predicted octanol–water partition coefficient (Wildman–Crippen LogP) is 2.62. The second-order valence-corrected chi connectivity index (χ2v) is 6.94. The van der Waals surface area contributed by atoms with E-state index in [2.05, 4.69) is 32.1 Å². The van der Waals surface area contributed by atoms with Crippen LogP contribution in [-0.4, -0.2) is 55.3 Å². The van der Waals surface area contributed by atoms with E-state index < -0.39 is 5.82 Å². The van der Waals surface area contributed by atoms with Crippen molar-refractivity contribution in [2.45, 2.75) is 6.42 Å². The van der Waals surface area contributed by atoms with Gasteiger partial charge < -0.3 is 25.0 Å². The second-order valence-electron chi connectivity index (χ2n) is 6.53. The molecule has 1 saturated heterocycles. The summed E-state index contributed by atoms with van der Waals surface area (Å²) in [6.07, 6.45) is 2.20. The van der Waals surface area contributed by atoms with Crippen molar-refractivity contribution in [1.29, 1.82) is 0 Å². The number of morpholine rings is 1. The van der Waals surface area contributed by atoms with E-state index in [1.165, 1.54) is 12.1 Å². The molecule has 2 heterocycles. The maximum atomic E-state index is 13.4. The minimum atomic E-state index is -0.605. The summed E-state index contributed by atoms with van der Waals surface area (Å²) >= 11 is 5.61. The summed E-state index contributed by atoms with van der Waals surface area (Å²) in [5.74, 6) is 0.586. The molecular formula is C20H23ClFN5O3. The van der Waals surface area contributed by atoms with Gasteiger partial charge in [-0.15, -0.1) is 0 Å². The summed E-state index contributed by atoms with van der Waals surface area (Å²) in [5, 5.41) is 5.84. The van der Waals surface area contributed by atoms with Crippen molar-refractivity contribution in [3.05, 3.63) is 53.6 Å². The van der Waals surface area contributed by atoms with E-state index in [1.807, 2.05) is 0 Å². The number of amides is 1. The van der Waals surface area contributed by atoms with Gasteiger partial charge in [-0.2, -0.15) is 4.98 Å². The molecule has 0 spiro atoms. The average Bonchev–Trinajstić information content (AvgIpc) is 2.75. The number of rotatable bonds is 9. The Balaban J connectivity index is 1.38. The molecule has 8 nitrogen and oxygen atoms in total. The minimum absolute atomic E-state index is 0.00608. The molecule has 0 unspecified atom stereocenters. The molecule has 1 aliphatic heterocycles. The zero-order valence-corrected chi connectivity index (χ0v) is 17.1. The Hall–Kier alpha value is -2.91. The quantitative estimate of drug-likeness (QED) is 0.625. The Morgan fingerprint density at radius 3 is 2.90 bits per heavy atom. The Bertz CT molecular complexity index is 892. The number of nitrogens with one attached hydrogen (secondary N) is 2. The second kappa shape index (κ2) is 10.7. The van der Waals surface area contributed by atoms with Crippen molar-refractivity contribution in [3.63, 3.8) is 0 Å². The number of nitrogens with zero attached hydrogens (tertiary/aromatic N) is 3. The smallest absolute Gasteiger partial charge is 0.262 e. The summed E-state index contributed by atoms with van der Waals surface area (Å²) in [5.41, 5.74) is 0.529. The number of hydrogen-bond acceptors (Lipinski definition) is 7. The molecule has 1 aromatic heterocycles. The molecule has 0 saturated carbocycles. The molecule has 2 N–H and O–H groups in total. The van der Waals surface area contributed by atoms with Gasteiger partial charge in [0.25, 0.3) is 5.91 Å².